The van der Waals surface area contributed by atoms with Gasteiger partial charge in [-0.2, -0.15) is 0 Å². The predicted octanol–water partition coefficient (Wildman–Crippen LogP) is 4.40. The average Bonchev–Trinajstić information content (AvgIpc) is 3.06. The zero-order valence-electron chi connectivity index (χ0n) is 13.7. The fourth-order valence-electron chi connectivity index (χ4n) is 3.66. The summed E-state index contributed by atoms with van der Waals surface area (Å²) < 4.78 is 0. The van der Waals surface area contributed by atoms with Crippen molar-refractivity contribution >= 4 is 18.4 Å². The van der Waals surface area contributed by atoms with Crippen LogP contribution in [-0.2, 0) is 0 Å². The summed E-state index contributed by atoms with van der Waals surface area (Å²) in [6, 6.07) is 22.3. The Bertz CT molecular complexity index is 641. The first-order valence-electron chi connectivity index (χ1n) is 8.13. The summed E-state index contributed by atoms with van der Waals surface area (Å²) in [5.41, 5.74) is 2.14. The molecule has 1 aliphatic carbocycles. The lowest BCUT2D eigenvalue weighted by molar-refractivity contribution is 0.748. The predicted molar refractivity (Wildman–Crippen MR) is 99.6 cm³/mol. The lowest BCUT2D eigenvalue weighted by Crippen LogP contribution is -2.59. The van der Waals surface area contributed by atoms with Crippen LogP contribution in [0.3, 0.4) is 0 Å². The molecule has 0 aliphatic heterocycles. The first-order chi connectivity index (χ1) is 10.6. The molecule has 2 aromatic carbocycles. The molecule has 0 spiro atoms. The van der Waals surface area contributed by atoms with E-state index >= 15 is 0 Å². The fourth-order valence-corrected chi connectivity index (χ4v) is 8.08. The standard InChI is InChI=1S/C21H24Si/c1-17(2)20-15-10-16-21(20)22(3,18-11-6-4-7-12-18)19-13-8-5-9-14-19/h4-17,21H,1-3H3. The lowest BCUT2D eigenvalue weighted by atomic mass is 10.0. The van der Waals surface area contributed by atoms with Crippen LogP contribution in [0.2, 0.25) is 12.1 Å². The van der Waals surface area contributed by atoms with E-state index in [-0.39, 0.29) is 0 Å². The smallest absolute Gasteiger partial charge is 0.0794 e. The number of allylic oxidation sites excluding steroid dienone is 4. The third-order valence-corrected chi connectivity index (χ3v) is 9.82. The molecule has 22 heavy (non-hydrogen) atoms. The van der Waals surface area contributed by atoms with Gasteiger partial charge in [0.1, 0.15) is 8.07 Å². The van der Waals surface area contributed by atoms with Crippen molar-refractivity contribution in [1.82, 2.24) is 0 Å². The van der Waals surface area contributed by atoms with E-state index < -0.39 is 8.07 Å². The van der Waals surface area contributed by atoms with E-state index in [0.29, 0.717) is 11.5 Å². The van der Waals surface area contributed by atoms with Crippen LogP contribution in [0.4, 0.5) is 0 Å². The molecular formula is C21H24Si. The molecule has 0 aromatic heterocycles. The SMILES string of the molecule is CC(C)C1=CC=CC1[Si](C)(c1ccccc1)c1ccccc1. The number of benzene rings is 2. The van der Waals surface area contributed by atoms with Crippen LogP contribution in [0.1, 0.15) is 13.8 Å². The summed E-state index contributed by atoms with van der Waals surface area (Å²) in [5.74, 6) is 0.597. The minimum absolute atomic E-state index is 0.553. The van der Waals surface area contributed by atoms with Crippen LogP contribution in [0.25, 0.3) is 0 Å². The van der Waals surface area contributed by atoms with Crippen molar-refractivity contribution in [3.8, 4) is 0 Å². The van der Waals surface area contributed by atoms with E-state index in [0.717, 1.165) is 0 Å². The van der Waals surface area contributed by atoms with Gasteiger partial charge in [-0.1, -0.05) is 115 Å². The monoisotopic (exact) mass is 304 g/mol. The molecule has 0 saturated heterocycles. The summed E-state index contributed by atoms with van der Waals surface area (Å²) >= 11 is 0. The third kappa shape index (κ3) is 2.50. The summed E-state index contributed by atoms with van der Waals surface area (Å²) in [5, 5.41) is 3.04. The highest BCUT2D eigenvalue weighted by Crippen LogP contribution is 2.38. The van der Waals surface area contributed by atoms with Crippen molar-refractivity contribution < 1.29 is 0 Å². The first-order valence-corrected chi connectivity index (χ1v) is 10.7. The fraction of sp³-hybridized carbons (Fsp3) is 0.238. The molecule has 3 rings (SSSR count). The van der Waals surface area contributed by atoms with Crippen LogP contribution in [0, 0.1) is 5.92 Å². The topological polar surface area (TPSA) is 0 Å². The molecule has 1 unspecified atom stereocenters. The van der Waals surface area contributed by atoms with Crippen LogP contribution in [-0.4, -0.2) is 8.07 Å². The second-order valence-electron chi connectivity index (χ2n) is 6.62. The summed E-state index contributed by atoms with van der Waals surface area (Å²) in [7, 11) is -1.85. The molecule has 0 N–H and O–H groups in total. The Morgan fingerprint density at radius 3 is 1.77 bits per heavy atom. The molecular weight excluding hydrogens is 280 g/mol. The Kier molecular flexibility index (Phi) is 4.17. The average molecular weight is 305 g/mol. The second-order valence-corrected chi connectivity index (χ2v) is 10.8. The van der Waals surface area contributed by atoms with Crippen LogP contribution in [0.15, 0.2) is 84.5 Å². The van der Waals surface area contributed by atoms with Gasteiger partial charge in [0.2, 0.25) is 0 Å². The molecule has 1 atom stereocenters. The molecule has 0 radical (unpaired) electrons. The van der Waals surface area contributed by atoms with Gasteiger partial charge in [0.15, 0.2) is 0 Å². The Morgan fingerprint density at radius 2 is 1.32 bits per heavy atom. The molecule has 0 fully saturated rings. The quantitative estimate of drug-likeness (QED) is 0.734. The van der Waals surface area contributed by atoms with Crippen LogP contribution >= 0.6 is 0 Å². The van der Waals surface area contributed by atoms with E-state index in [1.165, 1.54) is 10.4 Å². The van der Waals surface area contributed by atoms with E-state index in [1.54, 1.807) is 5.57 Å². The Labute approximate surface area is 135 Å². The molecule has 0 amide bonds. The molecule has 1 aliphatic rings. The molecule has 2 aromatic rings. The van der Waals surface area contributed by atoms with Crippen molar-refractivity contribution in [2.45, 2.75) is 25.9 Å². The summed E-state index contributed by atoms with van der Waals surface area (Å²) in [6.07, 6.45) is 7.03. The Morgan fingerprint density at radius 1 is 0.818 bits per heavy atom. The van der Waals surface area contributed by atoms with E-state index in [4.69, 9.17) is 0 Å². The van der Waals surface area contributed by atoms with Crippen LogP contribution < -0.4 is 10.4 Å². The zero-order valence-corrected chi connectivity index (χ0v) is 14.7. The maximum atomic E-state index is 2.52. The van der Waals surface area contributed by atoms with Gasteiger partial charge in [0, 0.05) is 5.54 Å². The van der Waals surface area contributed by atoms with Crippen molar-refractivity contribution in [3.05, 3.63) is 84.5 Å². The van der Waals surface area contributed by atoms with Gasteiger partial charge in [-0.25, -0.2) is 0 Å². The highest BCUT2D eigenvalue weighted by atomic mass is 28.3. The summed E-state index contributed by atoms with van der Waals surface area (Å²) in [6.45, 7) is 7.15. The summed E-state index contributed by atoms with van der Waals surface area (Å²) in [4.78, 5) is 0. The van der Waals surface area contributed by atoms with Gasteiger partial charge in [0.05, 0.1) is 0 Å². The van der Waals surface area contributed by atoms with Gasteiger partial charge in [-0.05, 0) is 5.92 Å². The molecule has 112 valence electrons. The Hall–Kier alpha value is -1.86. The minimum atomic E-state index is -1.85. The lowest BCUT2D eigenvalue weighted by Gasteiger charge is -2.37. The number of hydrogen-bond donors (Lipinski definition) is 0. The zero-order chi connectivity index (χ0) is 15.6. The maximum absolute atomic E-state index is 2.52. The van der Waals surface area contributed by atoms with Gasteiger partial charge in [-0.3, -0.25) is 0 Å². The highest BCUT2D eigenvalue weighted by Gasteiger charge is 2.42. The van der Waals surface area contributed by atoms with Crippen molar-refractivity contribution in [2.75, 3.05) is 0 Å². The van der Waals surface area contributed by atoms with Gasteiger partial charge in [-0.15, -0.1) is 0 Å². The largest absolute Gasteiger partial charge is 0.125 e. The molecule has 0 nitrogen and oxygen atoms in total. The second kappa shape index (κ2) is 6.10. The molecule has 0 heterocycles. The minimum Gasteiger partial charge on any atom is -0.0794 e. The van der Waals surface area contributed by atoms with E-state index in [1.807, 2.05) is 0 Å². The van der Waals surface area contributed by atoms with Crippen LogP contribution in [0.5, 0.6) is 0 Å². The van der Waals surface area contributed by atoms with E-state index in [9.17, 15) is 0 Å². The Balaban J connectivity index is 2.17. The van der Waals surface area contributed by atoms with Gasteiger partial charge < -0.3 is 0 Å². The van der Waals surface area contributed by atoms with Crippen molar-refractivity contribution in [2.24, 2.45) is 5.92 Å². The van der Waals surface area contributed by atoms with E-state index in [2.05, 4.69) is 99.3 Å². The maximum Gasteiger partial charge on any atom is 0.125 e. The first kappa shape index (κ1) is 15.0. The van der Waals surface area contributed by atoms with Crippen molar-refractivity contribution in [3.63, 3.8) is 0 Å². The number of hydrogen-bond acceptors (Lipinski definition) is 0. The normalized spacial score (nSPS) is 17.8. The highest BCUT2D eigenvalue weighted by molar-refractivity contribution is 7.03. The molecule has 0 saturated carbocycles. The van der Waals surface area contributed by atoms with Gasteiger partial charge in [0.25, 0.3) is 0 Å². The number of rotatable bonds is 4. The van der Waals surface area contributed by atoms with Gasteiger partial charge >= 0.3 is 0 Å². The van der Waals surface area contributed by atoms with Crippen molar-refractivity contribution in [1.29, 1.82) is 0 Å². The molecule has 0 bridgehead atoms. The molecule has 1 heteroatoms. The third-order valence-electron chi connectivity index (χ3n) is 4.99.